The number of hydrogen-bond donors (Lipinski definition) is 2. The number of likely N-dealkylation sites (tertiary alicyclic amines) is 1. The minimum absolute atomic E-state index is 0.0721. The van der Waals surface area contributed by atoms with Crippen molar-refractivity contribution in [2.45, 2.75) is 51.8 Å². The lowest BCUT2D eigenvalue weighted by molar-refractivity contribution is -0.130. The molecule has 0 radical (unpaired) electrons. The molecule has 2 N–H and O–H groups in total. The van der Waals surface area contributed by atoms with Crippen LogP contribution in [0.4, 0.5) is 0 Å². The molecule has 0 aromatic heterocycles. The lowest BCUT2D eigenvalue weighted by Gasteiger charge is -2.39. The second-order valence-corrected chi connectivity index (χ2v) is 4.48. The summed E-state index contributed by atoms with van der Waals surface area (Å²) in [6, 6.07) is 0.129. The number of aliphatic hydroxyl groups excluding tert-OH is 1. The standard InChI is InChI=1S/C11H22N2O2/c1-4-5-8(2)12-11(15)9(3)13-6-10(14)7-13/h8-10,14H,4-7H2,1-3H3,(H,12,15). The average molecular weight is 214 g/mol. The third-order valence-electron chi connectivity index (χ3n) is 2.93. The smallest absolute Gasteiger partial charge is 0.237 e. The van der Waals surface area contributed by atoms with Gasteiger partial charge in [-0.15, -0.1) is 0 Å². The molecule has 4 nitrogen and oxygen atoms in total. The van der Waals surface area contributed by atoms with Gasteiger partial charge in [0.15, 0.2) is 0 Å². The summed E-state index contributed by atoms with van der Waals surface area (Å²) in [6.07, 6.45) is 1.85. The van der Waals surface area contributed by atoms with E-state index in [9.17, 15) is 4.79 Å². The van der Waals surface area contributed by atoms with Crippen molar-refractivity contribution in [1.82, 2.24) is 10.2 Å². The van der Waals surface area contributed by atoms with Gasteiger partial charge in [-0.3, -0.25) is 9.69 Å². The van der Waals surface area contributed by atoms with Crippen LogP contribution in [0.25, 0.3) is 0 Å². The summed E-state index contributed by atoms with van der Waals surface area (Å²) in [7, 11) is 0. The van der Waals surface area contributed by atoms with Crippen LogP contribution in [0.3, 0.4) is 0 Å². The lowest BCUT2D eigenvalue weighted by Crippen LogP contribution is -2.59. The van der Waals surface area contributed by atoms with Crippen molar-refractivity contribution in [3.05, 3.63) is 0 Å². The van der Waals surface area contributed by atoms with Gasteiger partial charge in [0.05, 0.1) is 12.1 Å². The second kappa shape index (κ2) is 5.47. The summed E-state index contributed by atoms with van der Waals surface area (Å²) in [5, 5.41) is 12.1. The number of amides is 1. The molecule has 15 heavy (non-hydrogen) atoms. The Hall–Kier alpha value is -0.610. The van der Waals surface area contributed by atoms with Crippen LogP contribution in [-0.4, -0.2) is 47.2 Å². The molecule has 0 aromatic rings. The van der Waals surface area contributed by atoms with Gasteiger partial charge in [-0.2, -0.15) is 0 Å². The first-order chi connectivity index (χ1) is 7.04. The van der Waals surface area contributed by atoms with E-state index in [1.807, 2.05) is 18.7 Å². The van der Waals surface area contributed by atoms with Crippen LogP contribution in [0.2, 0.25) is 0 Å². The minimum atomic E-state index is -0.242. The summed E-state index contributed by atoms with van der Waals surface area (Å²) >= 11 is 0. The van der Waals surface area contributed by atoms with Gasteiger partial charge in [-0.1, -0.05) is 13.3 Å². The fourth-order valence-electron chi connectivity index (χ4n) is 1.84. The van der Waals surface area contributed by atoms with Crippen molar-refractivity contribution in [3.63, 3.8) is 0 Å². The zero-order valence-electron chi connectivity index (χ0n) is 9.86. The van der Waals surface area contributed by atoms with Crippen molar-refractivity contribution in [1.29, 1.82) is 0 Å². The van der Waals surface area contributed by atoms with Crippen molar-refractivity contribution in [3.8, 4) is 0 Å². The summed E-state index contributed by atoms with van der Waals surface area (Å²) < 4.78 is 0. The van der Waals surface area contributed by atoms with Crippen LogP contribution in [0, 0.1) is 0 Å². The molecule has 0 aromatic carbocycles. The first kappa shape index (κ1) is 12.5. The van der Waals surface area contributed by atoms with Gasteiger partial charge in [0.2, 0.25) is 5.91 Å². The Labute approximate surface area is 91.6 Å². The van der Waals surface area contributed by atoms with Crippen LogP contribution >= 0.6 is 0 Å². The fourth-order valence-corrected chi connectivity index (χ4v) is 1.84. The zero-order valence-corrected chi connectivity index (χ0v) is 9.86. The highest BCUT2D eigenvalue weighted by Gasteiger charge is 2.32. The summed E-state index contributed by atoms with van der Waals surface area (Å²) in [5.74, 6) is 0.0721. The van der Waals surface area contributed by atoms with Crippen LogP contribution in [0.5, 0.6) is 0 Å². The zero-order chi connectivity index (χ0) is 11.4. The molecule has 1 heterocycles. The van der Waals surface area contributed by atoms with Crippen LogP contribution in [0.1, 0.15) is 33.6 Å². The van der Waals surface area contributed by atoms with Crippen molar-refractivity contribution >= 4 is 5.91 Å². The number of β-amino-alcohol motifs (C(OH)–C–C–N with tert-alkyl or cyclic N) is 1. The number of hydrogen-bond acceptors (Lipinski definition) is 3. The van der Waals surface area contributed by atoms with Gasteiger partial charge in [0.1, 0.15) is 0 Å². The largest absolute Gasteiger partial charge is 0.390 e. The quantitative estimate of drug-likeness (QED) is 0.694. The predicted molar refractivity (Wildman–Crippen MR) is 59.6 cm³/mol. The van der Waals surface area contributed by atoms with Gasteiger partial charge in [-0.05, 0) is 20.3 Å². The highest BCUT2D eigenvalue weighted by molar-refractivity contribution is 5.81. The number of nitrogens with one attached hydrogen (secondary N) is 1. The molecule has 0 aliphatic carbocycles. The van der Waals surface area contributed by atoms with E-state index in [-0.39, 0.29) is 24.1 Å². The summed E-state index contributed by atoms with van der Waals surface area (Å²) in [4.78, 5) is 13.7. The predicted octanol–water partition coefficient (Wildman–Crippen LogP) is 0.356. The summed E-state index contributed by atoms with van der Waals surface area (Å²) in [6.45, 7) is 7.27. The van der Waals surface area contributed by atoms with E-state index >= 15 is 0 Å². The van der Waals surface area contributed by atoms with E-state index in [2.05, 4.69) is 12.2 Å². The van der Waals surface area contributed by atoms with E-state index in [0.717, 1.165) is 12.8 Å². The molecule has 1 amide bonds. The molecule has 0 saturated carbocycles. The monoisotopic (exact) mass is 214 g/mol. The molecule has 1 rings (SSSR count). The van der Waals surface area contributed by atoms with E-state index in [4.69, 9.17) is 5.11 Å². The lowest BCUT2D eigenvalue weighted by atomic mass is 10.1. The SMILES string of the molecule is CCCC(C)NC(=O)C(C)N1CC(O)C1. The molecule has 0 spiro atoms. The highest BCUT2D eigenvalue weighted by atomic mass is 16.3. The van der Waals surface area contributed by atoms with Gasteiger partial charge in [0, 0.05) is 19.1 Å². The number of carbonyl (C=O) groups excluding carboxylic acids is 1. The van der Waals surface area contributed by atoms with Crippen LogP contribution in [-0.2, 0) is 4.79 Å². The molecular formula is C11H22N2O2. The Morgan fingerprint density at radius 1 is 1.53 bits per heavy atom. The first-order valence-electron chi connectivity index (χ1n) is 5.77. The Morgan fingerprint density at radius 3 is 2.60 bits per heavy atom. The third-order valence-corrected chi connectivity index (χ3v) is 2.93. The first-order valence-corrected chi connectivity index (χ1v) is 5.77. The van der Waals surface area contributed by atoms with E-state index < -0.39 is 0 Å². The van der Waals surface area contributed by atoms with Crippen molar-refractivity contribution in [2.75, 3.05) is 13.1 Å². The molecule has 1 saturated heterocycles. The van der Waals surface area contributed by atoms with E-state index in [0.29, 0.717) is 13.1 Å². The molecule has 0 bridgehead atoms. The molecule has 1 aliphatic rings. The maximum absolute atomic E-state index is 11.7. The topological polar surface area (TPSA) is 52.6 Å². The Bertz CT molecular complexity index is 215. The van der Waals surface area contributed by atoms with Gasteiger partial charge in [0.25, 0.3) is 0 Å². The number of aliphatic hydroxyl groups is 1. The molecule has 2 unspecified atom stereocenters. The number of rotatable bonds is 5. The minimum Gasteiger partial charge on any atom is -0.390 e. The molecule has 2 atom stereocenters. The maximum Gasteiger partial charge on any atom is 0.237 e. The van der Waals surface area contributed by atoms with Gasteiger partial charge < -0.3 is 10.4 Å². The average Bonchev–Trinajstić information content (AvgIpc) is 2.12. The van der Waals surface area contributed by atoms with Gasteiger partial charge >= 0.3 is 0 Å². The number of nitrogens with zero attached hydrogens (tertiary/aromatic N) is 1. The molecule has 1 aliphatic heterocycles. The highest BCUT2D eigenvalue weighted by Crippen LogP contribution is 2.12. The normalized spacial score (nSPS) is 21.9. The van der Waals surface area contributed by atoms with Crippen LogP contribution in [0.15, 0.2) is 0 Å². The Kier molecular flexibility index (Phi) is 4.54. The fraction of sp³-hybridized carbons (Fsp3) is 0.909. The second-order valence-electron chi connectivity index (χ2n) is 4.48. The summed E-state index contributed by atoms with van der Waals surface area (Å²) in [5.41, 5.74) is 0. The molecular weight excluding hydrogens is 192 g/mol. The Morgan fingerprint density at radius 2 is 2.13 bits per heavy atom. The molecule has 4 heteroatoms. The molecule has 1 fully saturated rings. The van der Waals surface area contributed by atoms with Crippen molar-refractivity contribution < 1.29 is 9.90 Å². The van der Waals surface area contributed by atoms with Crippen molar-refractivity contribution in [2.24, 2.45) is 0 Å². The molecule has 88 valence electrons. The number of carbonyl (C=O) groups is 1. The van der Waals surface area contributed by atoms with Crippen LogP contribution < -0.4 is 5.32 Å². The van der Waals surface area contributed by atoms with E-state index in [1.54, 1.807) is 0 Å². The Balaban J connectivity index is 2.27. The maximum atomic E-state index is 11.7. The third kappa shape index (κ3) is 3.47. The van der Waals surface area contributed by atoms with E-state index in [1.165, 1.54) is 0 Å². The van der Waals surface area contributed by atoms with Gasteiger partial charge in [-0.25, -0.2) is 0 Å².